The number of nitrogens with one attached hydrogen (secondary N) is 1. The number of hydrogen-bond acceptors (Lipinski definition) is 7. The molecule has 0 spiro atoms. The summed E-state index contributed by atoms with van der Waals surface area (Å²) >= 11 is 1.45. The van der Waals surface area contributed by atoms with Gasteiger partial charge in [0, 0.05) is 19.0 Å². The Bertz CT molecular complexity index is 1090. The number of hydrogen-bond donors (Lipinski definition) is 1. The number of anilines is 1. The molecule has 0 radical (unpaired) electrons. The lowest BCUT2D eigenvalue weighted by atomic mass is 9.97. The topological polar surface area (TPSA) is 105 Å². The fourth-order valence-corrected chi connectivity index (χ4v) is 5.21. The number of thiophene rings is 1. The Labute approximate surface area is 170 Å². The zero-order chi connectivity index (χ0) is 20.4. The monoisotopic (exact) mass is 436 g/mol. The van der Waals surface area contributed by atoms with Crippen molar-refractivity contribution in [2.45, 2.75) is 17.7 Å². The first-order chi connectivity index (χ1) is 13.9. The summed E-state index contributed by atoms with van der Waals surface area (Å²) in [5.74, 6) is -0.824. The first-order valence-corrected chi connectivity index (χ1v) is 11.2. The van der Waals surface area contributed by atoms with E-state index in [-0.39, 0.29) is 35.8 Å². The summed E-state index contributed by atoms with van der Waals surface area (Å²) in [6.45, 7) is 0.393. The minimum absolute atomic E-state index is 0.0137. The van der Waals surface area contributed by atoms with Crippen LogP contribution in [0.1, 0.15) is 12.8 Å². The van der Waals surface area contributed by atoms with Gasteiger partial charge >= 0.3 is 6.01 Å². The Hall–Kier alpha value is -2.63. The quantitative estimate of drug-likeness (QED) is 0.659. The predicted octanol–water partition coefficient (Wildman–Crippen LogP) is 2.98. The van der Waals surface area contributed by atoms with Crippen LogP contribution in [0.5, 0.6) is 0 Å². The van der Waals surface area contributed by atoms with Gasteiger partial charge in [0.05, 0.1) is 9.77 Å². The number of carbonyl (C=O) groups is 1. The Morgan fingerprint density at radius 1 is 1.17 bits per heavy atom. The van der Waals surface area contributed by atoms with Crippen LogP contribution in [0.15, 0.2) is 51.1 Å². The number of sulfonamides is 1. The average molecular weight is 436 g/mol. The largest absolute Gasteiger partial charge is 0.402 e. The minimum Gasteiger partial charge on any atom is -0.402 e. The molecule has 1 aliphatic heterocycles. The third-order valence-electron chi connectivity index (χ3n) is 4.66. The van der Waals surface area contributed by atoms with Gasteiger partial charge in [-0.2, -0.15) is 4.31 Å². The molecule has 4 rings (SSSR count). The van der Waals surface area contributed by atoms with E-state index in [0.29, 0.717) is 18.7 Å². The third kappa shape index (κ3) is 4.21. The van der Waals surface area contributed by atoms with Crippen molar-refractivity contribution in [2.24, 2.45) is 5.92 Å². The number of nitrogens with zero attached hydrogens (tertiary/aromatic N) is 3. The Morgan fingerprint density at radius 2 is 1.90 bits per heavy atom. The van der Waals surface area contributed by atoms with Crippen LogP contribution in [-0.4, -0.2) is 41.9 Å². The highest BCUT2D eigenvalue weighted by molar-refractivity contribution is 7.89. The lowest BCUT2D eigenvalue weighted by Gasteiger charge is -2.30. The number of rotatable bonds is 5. The molecule has 0 bridgehead atoms. The average Bonchev–Trinajstić information content (AvgIpc) is 3.40. The molecule has 1 saturated heterocycles. The van der Waals surface area contributed by atoms with Gasteiger partial charge in [0.2, 0.25) is 15.9 Å². The molecular formula is C18H17FN4O4S2. The van der Waals surface area contributed by atoms with Crippen molar-refractivity contribution in [3.63, 3.8) is 0 Å². The van der Waals surface area contributed by atoms with Gasteiger partial charge < -0.3 is 4.42 Å². The second-order valence-corrected chi connectivity index (χ2v) is 9.40. The molecule has 1 amide bonds. The first-order valence-electron chi connectivity index (χ1n) is 8.87. The highest BCUT2D eigenvalue weighted by Crippen LogP contribution is 2.27. The molecule has 1 N–H and O–H groups in total. The van der Waals surface area contributed by atoms with E-state index in [4.69, 9.17) is 4.42 Å². The summed E-state index contributed by atoms with van der Waals surface area (Å²) in [5, 5.41) is 12.2. The van der Waals surface area contributed by atoms with Crippen LogP contribution in [0, 0.1) is 11.7 Å². The standard InChI is InChI=1S/C18H17FN4O4S2/c19-13-3-5-14(6-4-13)29(25,26)23-9-7-12(8-10-23)16(24)20-18-22-21-17(27-18)15-2-1-11-28-15/h1-6,11-12H,7-10H2,(H,20,22,24). The van der Waals surface area contributed by atoms with Crippen LogP contribution in [-0.2, 0) is 14.8 Å². The second kappa shape index (κ2) is 8.01. The van der Waals surface area contributed by atoms with Gasteiger partial charge in [-0.05, 0) is 48.6 Å². The maximum Gasteiger partial charge on any atom is 0.322 e. The fourth-order valence-electron chi connectivity index (χ4n) is 3.09. The zero-order valence-corrected chi connectivity index (χ0v) is 16.7. The first kappa shape index (κ1) is 19.7. The Morgan fingerprint density at radius 3 is 2.55 bits per heavy atom. The number of benzene rings is 1. The van der Waals surface area contributed by atoms with Crippen molar-refractivity contribution in [2.75, 3.05) is 18.4 Å². The maximum atomic E-state index is 13.0. The van der Waals surface area contributed by atoms with Gasteiger partial charge in [-0.1, -0.05) is 11.2 Å². The molecule has 3 heterocycles. The molecule has 0 unspecified atom stereocenters. The maximum absolute atomic E-state index is 13.0. The van der Waals surface area contributed by atoms with Crippen molar-refractivity contribution >= 4 is 33.3 Å². The van der Waals surface area contributed by atoms with E-state index in [1.165, 1.54) is 27.8 Å². The molecule has 1 aliphatic rings. The van der Waals surface area contributed by atoms with E-state index < -0.39 is 15.8 Å². The number of carbonyl (C=O) groups excluding carboxylic acids is 1. The zero-order valence-electron chi connectivity index (χ0n) is 15.1. The molecular weight excluding hydrogens is 419 g/mol. The van der Waals surface area contributed by atoms with Gasteiger partial charge in [0.15, 0.2) is 0 Å². The van der Waals surface area contributed by atoms with Gasteiger partial charge in [-0.3, -0.25) is 10.1 Å². The summed E-state index contributed by atoms with van der Waals surface area (Å²) < 4.78 is 45.1. The minimum atomic E-state index is -3.71. The highest BCUT2D eigenvalue weighted by atomic mass is 32.2. The normalized spacial score (nSPS) is 16.0. The van der Waals surface area contributed by atoms with E-state index in [1.807, 2.05) is 17.5 Å². The van der Waals surface area contributed by atoms with E-state index in [2.05, 4.69) is 15.5 Å². The van der Waals surface area contributed by atoms with Crippen molar-refractivity contribution in [3.8, 4) is 10.8 Å². The molecule has 11 heteroatoms. The lowest BCUT2D eigenvalue weighted by molar-refractivity contribution is -0.121. The van der Waals surface area contributed by atoms with Crippen LogP contribution in [0.4, 0.5) is 10.4 Å². The smallest absolute Gasteiger partial charge is 0.322 e. The molecule has 3 aromatic rings. The van der Waals surface area contributed by atoms with Gasteiger partial charge in [0.1, 0.15) is 5.82 Å². The summed E-state index contributed by atoms with van der Waals surface area (Å²) in [4.78, 5) is 13.3. The molecule has 0 atom stereocenters. The van der Waals surface area contributed by atoms with Crippen LogP contribution < -0.4 is 5.32 Å². The summed E-state index contributed by atoms with van der Waals surface area (Å²) in [6, 6.07) is 8.41. The molecule has 29 heavy (non-hydrogen) atoms. The third-order valence-corrected chi connectivity index (χ3v) is 7.43. The van der Waals surface area contributed by atoms with Crippen molar-refractivity contribution in [3.05, 3.63) is 47.6 Å². The van der Waals surface area contributed by atoms with E-state index in [0.717, 1.165) is 17.0 Å². The van der Waals surface area contributed by atoms with Crippen LogP contribution >= 0.6 is 11.3 Å². The van der Waals surface area contributed by atoms with Crippen LogP contribution in [0.3, 0.4) is 0 Å². The van der Waals surface area contributed by atoms with E-state index in [1.54, 1.807) is 0 Å². The fraction of sp³-hybridized carbons (Fsp3) is 0.278. The summed E-state index contributed by atoms with van der Waals surface area (Å²) in [5.41, 5.74) is 0. The van der Waals surface area contributed by atoms with Crippen molar-refractivity contribution in [1.29, 1.82) is 0 Å². The number of aromatic nitrogens is 2. The Balaban J connectivity index is 1.35. The molecule has 2 aromatic heterocycles. The highest BCUT2D eigenvalue weighted by Gasteiger charge is 2.32. The van der Waals surface area contributed by atoms with Crippen molar-refractivity contribution in [1.82, 2.24) is 14.5 Å². The molecule has 1 aromatic carbocycles. The number of piperidine rings is 1. The molecule has 0 aliphatic carbocycles. The molecule has 8 nitrogen and oxygen atoms in total. The lowest BCUT2D eigenvalue weighted by Crippen LogP contribution is -2.41. The SMILES string of the molecule is O=C(Nc1nnc(-c2cccs2)o1)C1CCN(S(=O)(=O)c2ccc(F)cc2)CC1. The van der Waals surface area contributed by atoms with Gasteiger partial charge in [-0.15, -0.1) is 16.4 Å². The van der Waals surface area contributed by atoms with Crippen LogP contribution in [0.25, 0.3) is 10.8 Å². The van der Waals surface area contributed by atoms with E-state index in [9.17, 15) is 17.6 Å². The predicted molar refractivity (Wildman–Crippen MR) is 104 cm³/mol. The second-order valence-electron chi connectivity index (χ2n) is 6.51. The summed E-state index contributed by atoms with van der Waals surface area (Å²) in [7, 11) is -3.71. The molecule has 0 saturated carbocycles. The summed E-state index contributed by atoms with van der Waals surface area (Å²) in [6.07, 6.45) is 0.719. The van der Waals surface area contributed by atoms with E-state index >= 15 is 0 Å². The number of amides is 1. The number of halogens is 1. The Kier molecular flexibility index (Phi) is 5.43. The molecule has 1 fully saturated rings. The molecule has 152 valence electrons. The van der Waals surface area contributed by atoms with Gasteiger partial charge in [0.25, 0.3) is 5.89 Å². The van der Waals surface area contributed by atoms with Crippen LogP contribution in [0.2, 0.25) is 0 Å². The van der Waals surface area contributed by atoms with Crippen molar-refractivity contribution < 1.29 is 22.0 Å². The van der Waals surface area contributed by atoms with Gasteiger partial charge in [-0.25, -0.2) is 12.8 Å².